The molecule has 0 aromatic heterocycles. The van der Waals surface area contributed by atoms with E-state index < -0.39 is 61.9 Å². The van der Waals surface area contributed by atoms with Crippen molar-refractivity contribution < 1.29 is 44.7 Å². The first-order chi connectivity index (χ1) is 15.3. The number of carbonyl (C=O) groups is 1. The van der Waals surface area contributed by atoms with Crippen LogP contribution < -0.4 is 0 Å². The third kappa shape index (κ3) is 5.77. The summed E-state index contributed by atoms with van der Waals surface area (Å²) >= 11 is 0. The second-order valence-electron chi connectivity index (χ2n) is 8.38. The van der Waals surface area contributed by atoms with Crippen LogP contribution in [0.4, 0.5) is 26.3 Å². The molecular formula is C20H23F6N3O4S. The Labute approximate surface area is 192 Å². The highest BCUT2D eigenvalue weighted by Gasteiger charge is 2.42. The number of nitrogens with zero attached hydrogens (tertiary/aromatic N) is 2. The van der Waals surface area contributed by atoms with E-state index in [1.165, 1.54) is 13.8 Å². The molecule has 1 aliphatic carbocycles. The first-order valence-corrected chi connectivity index (χ1v) is 11.4. The number of nitrogens with one attached hydrogen (secondary N) is 1. The number of carboxylic acids is 1. The molecule has 2 unspecified atom stereocenters. The molecule has 14 heteroatoms. The zero-order valence-corrected chi connectivity index (χ0v) is 19.1. The molecule has 34 heavy (non-hydrogen) atoms. The number of alkyl halides is 6. The summed E-state index contributed by atoms with van der Waals surface area (Å²) in [6.07, 6.45) is -8.90. The molecule has 2 rings (SSSR count). The SMILES string of the molecule is CN(C1CCCC(=NC(C)(C)C(=O)O)C1C=N)S(=O)(=O)c1cc(C(F)(F)F)cc(C(F)(F)F)c1. The van der Waals surface area contributed by atoms with Gasteiger partial charge in [0.1, 0.15) is 0 Å². The Morgan fingerprint density at radius 3 is 2.03 bits per heavy atom. The Hall–Kier alpha value is -2.48. The maximum atomic E-state index is 13.2. The van der Waals surface area contributed by atoms with Crippen LogP contribution in [0.5, 0.6) is 0 Å². The molecule has 1 saturated carbocycles. The summed E-state index contributed by atoms with van der Waals surface area (Å²) < 4.78 is 106. The van der Waals surface area contributed by atoms with Crippen LogP contribution in [0.15, 0.2) is 28.1 Å². The Morgan fingerprint density at radius 1 is 1.12 bits per heavy atom. The summed E-state index contributed by atoms with van der Waals surface area (Å²) in [5, 5.41) is 17.0. The monoisotopic (exact) mass is 515 g/mol. The lowest BCUT2D eigenvalue weighted by Crippen LogP contribution is -2.48. The Balaban J connectivity index is 2.58. The molecule has 0 saturated heterocycles. The van der Waals surface area contributed by atoms with Gasteiger partial charge in [-0.3, -0.25) is 4.99 Å². The van der Waals surface area contributed by atoms with Crippen molar-refractivity contribution in [1.29, 1.82) is 5.41 Å². The Morgan fingerprint density at radius 2 is 1.62 bits per heavy atom. The number of sulfonamides is 1. The Bertz CT molecular complexity index is 1060. The lowest BCUT2D eigenvalue weighted by atomic mass is 9.83. The molecule has 1 aromatic rings. The highest BCUT2D eigenvalue weighted by molar-refractivity contribution is 7.89. The van der Waals surface area contributed by atoms with Crippen molar-refractivity contribution in [1.82, 2.24) is 4.31 Å². The van der Waals surface area contributed by atoms with Crippen LogP contribution in [0, 0.1) is 11.3 Å². The van der Waals surface area contributed by atoms with E-state index in [2.05, 4.69) is 4.99 Å². The highest BCUT2D eigenvalue weighted by Crippen LogP contribution is 2.38. The quantitative estimate of drug-likeness (QED) is 0.430. The maximum absolute atomic E-state index is 13.2. The predicted molar refractivity (Wildman–Crippen MR) is 110 cm³/mol. The summed E-state index contributed by atoms with van der Waals surface area (Å²) in [5.74, 6) is -2.28. The fourth-order valence-corrected chi connectivity index (χ4v) is 5.11. The largest absolute Gasteiger partial charge is 0.479 e. The van der Waals surface area contributed by atoms with E-state index in [0.717, 1.165) is 13.3 Å². The second-order valence-corrected chi connectivity index (χ2v) is 10.4. The number of aliphatic imine (C=N–C) groups is 1. The van der Waals surface area contributed by atoms with Crippen LogP contribution in [-0.4, -0.2) is 54.4 Å². The zero-order valence-electron chi connectivity index (χ0n) is 18.3. The van der Waals surface area contributed by atoms with Crippen LogP contribution >= 0.6 is 0 Å². The topological polar surface area (TPSA) is 111 Å². The minimum Gasteiger partial charge on any atom is -0.479 e. The van der Waals surface area contributed by atoms with E-state index in [0.29, 0.717) is 10.7 Å². The molecule has 0 heterocycles. The number of hydrogen-bond acceptors (Lipinski definition) is 5. The molecular weight excluding hydrogens is 492 g/mol. The van der Waals surface area contributed by atoms with E-state index in [1.54, 1.807) is 0 Å². The van der Waals surface area contributed by atoms with Gasteiger partial charge in [-0.25, -0.2) is 13.2 Å². The zero-order chi connectivity index (χ0) is 26.3. The molecule has 1 fully saturated rings. The van der Waals surface area contributed by atoms with E-state index in [9.17, 15) is 44.7 Å². The smallest absolute Gasteiger partial charge is 0.416 e. The number of hydrogen-bond donors (Lipinski definition) is 2. The molecule has 0 aliphatic heterocycles. The van der Waals surface area contributed by atoms with Crippen molar-refractivity contribution in [3.63, 3.8) is 0 Å². The molecule has 1 aliphatic rings. The maximum Gasteiger partial charge on any atom is 0.416 e. The number of carboxylic acid groups (broad SMARTS) is 1. The summed E-state index contributed by atoms with van der Waals surface area (Å²) in [6.45, 7) is 2.60. The van der Waals surface area contributed by atoms with Gasteiger partial charge in [0.15, 0.2) is 5.54 Å². The molecule has 0 radical (unpaired) electrons. The summed E-state index contributed by atoms with van der Waals surface area (Å²) in [4.78, 5) is 14.4. The number of rotatable bonds is 6. The fraction of sp³-hybridized carbons (Fsp3) is 0.550. The van der Waals surface area contributed by atoms with Gasteiger partial charge in [0, 0.05) is 30.9 Å². The molecule has 2 atom stereocenters. The van der Waals surface area contributed by atoms with Crippen molar-refractivity contribution in [3.05, 3.63) is 29.3 Å². The van der Waals surface area contributed by atoms with E-state index in [4.69, 9.17) is 5.41 Å². The first kappa shape index (κ1) is 27.8. The van der Waals surface area contributed by atoms with Gasteiger partial charge in [0.2, 0.25) is 10.0 Å². The van der Waals surface area contributed by atoms with Gasteiger partial charge < -0.3 is 10.5 Å². The first-order valence-electron chi connectivity index (χ1n) is 9.92. The van der Waals surface area contributed by atoms with Crippen LogP contribution in [0.25, 0.3) is 0 Å². The van der Waals surface area contributed by atoms with Gasteiger partial charge in [-0.1, -0.05) is 0 Å². The lowest BCUT2D eigenvalue weighted by molar-refractivity contribution is -0.144. The van der Waals surface area contributed by atoms with Gasteiger partial charge >= 0.3 is 18.3 Å². The van der Waals surface area contributed by atoms with Crippen molar-refractivity contribution in [2.45, 2.75) is 61.9 Å². The summed E-state index contributed by atoms with van der Waals surface area (Å²) in [7, 11) is -3.88. The minimum absolute atomic E-state index is 0.131. The number of aliphatic carboxylic acids is 1. The molecule has 0 amide bonds. The number of halogens is 6. The van der Waals surface area contributed by atoms with Crippen molar-refractivity contribution in [2.24, 2.45) is 10.9 Å². The summed E-state index contributed by atoms with van der Waals surface area (Å²) in [5.41, 5.74) is -4.92. The predicted octanol–water partition coefficient (Wildman–Crippen LogP) is 4.47. The molecule has 2 N–H and O–H groups in total. The van der Waals surface area contributed by atoms with Crippen molar-refractivity contribution in [2.75, 3.05) is 7.05 Å². The molecule has 1 aromatic carbocycles. The normalized spacial score (nSPS) is 21.6. The van der Waals surface area contributed by atoms with Gasteiger partial charge in [-0.15, -0.1) is 0 Å². The third-order valence-electron chi connectivity index (χ3n) is 5.56. The molecule has 190 valence electrons. The van der Waals surface area contributed by atoms with Crippen LogP contribution in [0.2, 0.25) is 0 Å². The van der Waals surface area contributed by atoms with E-state index in [1.807, 2.05) is 0 Å². The van der Waals surface area contributed by atoms with Gasteiger partial charge in [-0.2, -0.15) is 30.6 Å². The lowest BCUT2D eigenvalue weighted by Gasteiger charge is -2.37. The number of benzene rings is 1. The average Bonchev–Trinajstić information content (AvgIpc) is 2.71. The summed E-state index contributed by atoms with van der Waals surface area (Å²) in [6, 6.07) is -0.973. The van der Waals surface area contributed by atoms with Crippen LogP contribution in [0.1, 0.15) is 44.2 Å². The van der Waals surface area contributed by atoms with Crippen molar-refractivity contribution >= 4 is 27.9 Å². The van der Waals surface area contributed by atoms with E-state index in [-0.39, 0.29) is 36.8 Å². The average molecular weight is 515 g/mol. The molecule has 0 bridgehead atoms. The third-order valence-corrected chi connectivity index (χ3v) is 7.42. The van der Waals surface area contributed by atoms with Crippen LogP contribution in [0.3, 0.4) is 0 Å². The van der Waals surface area contributed by atoms with Crippen LogP contribution in [-0.2, 0) is 27.2 Å². The van der Waals surface area contributed by atoms with Crippen molar-refractivity contribution in [3.8, 4) is 0 Å². The highest BCUT2D eigenvalue weighted by atomic mass is 32.2. The van der Waals surface area contributed by atoms with E-state index >= 15 is 0 Å². The fourth-order valence-electron chi connectivity index (χ4n) is 3.63. The van der Waals surface area contributed by atoms with Gasteiger partial charge in [-0.05, 0) is 51.3 Å². The standard InChI is InChI=1S/C20H23F6N3O4S/c1-18(2,17(30)31)28-15-5-4-6-16(14(15)10-27)29(3)34(32,33)13-8-11(19(21,22)23)7-12(9-13)20(24,25)26/h7-10,14,16,27H,4-6H2,1-3H3,(H,30,31). The minimum atomic E-state index is -5.23. The second kappa shape index (κ2) is 9.29. The molecule has 0 spiro atoms. The van der Waals surface area contributed by atoms with Gasteiger partial charge in [0.05, 0.1) is 16.0 Å². The Kier molecular flexibility index (Phi) is 7.58. The molecule has 7 nitrogen and oxygen atoms in total. The van der Waals surface area contributed by atoms with Gasteiger partial charge in [0.25, 0.3) is 0 Å².